The van der Waals surface area contributed by atoms with Crippen LogP contribution in [0.25, 0.3) is 16.2 Å². The second-order valence-corrected chi connectivity index (χ2v) is 6.06. The lowest BCUT2D eigenvalue weighted by Gasteiger charge is -2.06. The van der Waals surface area contributed by atoms with Gasteiger partial charge in [-0.15, -0.1) is 5.10 Å². The zero-order valence-electron chi connectivity index (χ0n) is 10.3. The summed E-state index contributed by atoms with van der Waals surface area (Å²) >= 11 is 5.07. The molecule has 0 radical (unpaired) electrons. The standard InChI is InChI=1S/C12H11BrN4OS/c1-6-10(17-12(19-6)15-11(14)16-17)7-3-4-9(18-2)8(13)5-7/h3-5H,1-2H3,(H2,14,16). The van der Waals surface area contributed by atoms with E-state index in [2.05, 4.69) is 26.0 Å². The van der Waals surface area contributed by atoms with Gasteiger partial charge in [-0.3, -0.25) is 0 Å². The van der Waals surface area contributed by atoms with Gasteiger partial charge in [-0.05, 0) is 41.1 Å². The molecule has 0 saturated carbocycles. The van der Waals surface area contributed by atoms with Crippen molar-refractivity contribution in [3.05, 3.63) is 27.5 Å². The summed E-state index contributed by atoms with van der Waals surface area (Å²) < 4.78 is 7.92. The van der Waals surface area contributed by atoms with Gasteiger partial charge in [0.05, 0.1) is 17.3 Å². The molecule has 1 aromatic carbocycles. The number of methoxy groups -OCH3 is 1. The fraction of sp³-hybridized carbons (Fsp3) is 0.167. The van der Waals surface area contributed by atoms with E-state index in [1.807, 2.05) is 25.1 Å². The normalized spacial score (nSPS) is 11.1. The maximum absolute atomic E-state index is 5.64. The van der Waals surface area contributed by atoms with Gasteiger partial charge in [0.15, 0.2) is 0 Å². The number of fused-ring (bicyclic) bond motifs is 1. The fourth-order valence-corrected chi connectivity index (χ4v) is 3.47. The van der Waals surface area contributed by atoms with Gasteiger partial charge in [-0.25, -0.2) is 4.52 Å². The number of nitrogens with two attached hydrogens (primary N) is 1. The van der Waals surface area contributed by atoms with E-state index in [9.17, 15) is 0 Å². The molecule has 19 heavy (non-hydrogen) atoms. The number of aromatic nitrogens is 3. The van der Waals surface area contributed by atoms with E-state index in [0.717, 1.165) is 31.3 Å². The summed E-state index contributed by atoms with van der Waals surface area (Å²) in [6, 6.07) is 5.92. The van der Waals surface area contributed by atoms with Crippen molar-refractivity contribution in [2.24, 2.45) is 0 Å². The second-order valence-electron chi connectivity index (χ2n) is 4.02. The minimum atomic E-state index is 0.292. The van der Waals surface area contributed by atoms with Crippen LogP contribution >= 0.6 is 27.3 Å². The Labute approximate surface area is 122 Å². The second kappa shape index (κ2) is 4.50. The number of hydrogen-bond donors (Lipinski definition) is 1. The van der Waals surface area contributed by atoms with Crippen molar-refractivity contribution in [1.82, 2.24) is 14.6 Å². The monoisotopic (exact) mass is 338 g/mol. The predicted octanol–water partition coefficient (Wildman–Crippen LogP) is 3.12. The Morgan fingerprint density at radius 3 is 2.89 bits per heavy atom. The molecule has 2 aromatic heterocycles. The van der Waals surface area contributed by atoms with E-state index in [4.69, 9.17) is 10.5 Å². The van der Waals surface area contributed by atoms with Gasteiger partial charge in [0.2, 0.25) is 10.9 Å². The van der Waals surface area contributed by atoms with Crippen molar-refractivity contribution in [1.29, 1.82) is 0 Å². The Balaban J connectivity index is 2.23. The summed E-state index contributed by atoms with van der Waals surface area (Å²) in [5, 5.41) is 4.23. The van der Waals surface area contributed by atoms with E-state index in [1.54, 1.807) is 23.0 Å². The molecule has 3 rings (SSSR count). The lowest BCUT2D eigenvalue weighted by atomic mass is 10.1. The molecule has 5 nitrogen and oxygen atoms in total. The predicted molar refractivity (Wildman–Crippen MR) is 79.7 cm³/mol. The van der Waals surface area contributed by atoms with Gasteiger partial charge in [-0.2, -0.15) is 4.98 Å². The van der Waals surface area contributed by atoms with Crippen molar-refractivity contribution in [2.45, 2.75) is 6.92 Å². The Morgan fingerprint density at radius 2 is 2.21 bits per heavy atom. The maximum atomic E-state index is 5.64. The van der Waals surface area contributed by atoms with Crippen LogP contribution in [0.5, 0.6) is 5.75 Å². The van der Waals surface area contributed by atoms with Crippen LogP contribution in [0.15, 0.2) is 22.7 Å². The van der Waals surface area contributed by atoms with Gasteiger partial charge < -0.3 is 10.5 Å². The van der Waals surface area contributed by atoms with E-state index in [-0.39, 0.29) is 0 Å². The molecule has 0 aliphatic heterocycles. The van der Waals surface area contributed by atoms with Crippen LogP contribution in [0, 0.1) is 6.92 Å². The van der Waals surface area contributed by atoms with Crippen molar-refractivity contribution >= 4 is 38.2 Å². The van der Waals surface area contributed by atoms with Crippen molar-refractivity contribution in [3.63, 3.8) is 0 Å². The highest BCUT2D eigenvalue weighted by molar-refractivity contribution is 9.10. The van der Waals surface area contributed by atoms with Crippen LogP contribution in [0.2, 0.25) is 0 Å². The lowest BCUT2D eigenvalue weighted by Crippen LogP contribution is -1.93. The third-order valence-corrected chi connectivity index (χ3v) is 4.37. The van der Waals surface area contributed by atoms with Crippen LogP contribution in [-0.4, -0.2) is 21.7 Å². The van der Waals surface area contributed by atoms with Crippen molar-refractivity contribution < 1.29 is 4.74 Å². The molecule has 98 valence electrons. The Bertz CT molecular complexity index is 765. The Morgan fingerprint density at radius 1 is 1.42 bits per heavy atom. The highest BCUT2D eigenvalue weighted by atomic mass is 79.9. The number of nitrogen functional groups attached to an aromatic ring is 1. The average Bonchev–Trinajstić information content (AvgIpc) is 2.83. The number of nitrogens with zero attached hydrogens (tertiary/aromatic N) is 3. The first-order valence-electron chi connectivity index (χ1n) is 5.55. The van der Waals surface area contributed by atoms with E-state index < -0.39 is 0 Å². The summed E-state index contributed by atoms with van der Waals surface area (Å²) in [7, 11) is 1.64. The maximum Gasteiger partial charge on any atom is 0.241 e. The van der Waals surface area contributed by atoms with Gasteiger partial charge in [-0.1, -0.05) is 11.3 Å². The number of rotatable bonds is 2. The first-order chi connectivity index (χ1) is 9.10. The molecule has 0 amide bonds. The number of hydrogen-bond acceptors (Lipinski definition) is 5. The third kappa shape index (κ3) is 1.98. The summed E-state index contributed by atoms with van der Waals surface area (Å²) in [5.41, 5.74) is 7.69. The number of benzene rings is 1. The van der Waals surface area contributed by atoms with Gasteiger partial charge in [0, 0.05) is 10.4 Å². The topological polar surface area (TPSA) is 65.4 Å². The molecule has 0 unspecified atom stereocenters. The molecule has 0 aliphatic rings. The van der Waals surface area contributed by atoms with E-state index >= 15 is 0 Å². The van der Waals surface area contributed by atoms with E-state index in [1.165, 1.54) is 0 Å². The first-order valence-corrected chi connectivity index (χ1v) is 7.16. The molecule has 0 aliphatic carbocycles. The minimum absolute atomic E-state index is 0.292. The van der Waals surface area contributed by atoms with Crippen LogP contribution in [0.3, 0.4) is 0 Å². The zero-order chi connectivity index (χ0) is 13.6. The van der Waals surface area contributed by atoms with Gasteiger partial charge >= 0.3 is 0 Å². The molecule has 2 N–H and O–H groups in total. The Hall–Kier alpha value is -1.60. The lowest BCUT2D eigenvalue weighted by molar-refractivity contribution is 0.412. The summed E-state index contributed by atoms with van der Waals surface area (Å²) in [6.45, 7) is 2.05. The molecule has 0 atom stereocenters. The first kappa shape index (κ1) is 12.4. The third-order valence-electron chi connectivity index (χ3n) is 2.81. The molecule has 0 spiro atoms. The van der Waals surface area contributed by atoms with Crippen molar-refractivity contribution in [3.8, 4) is 17.0 Å². The fourth-order valence-electron chi connectivity index (χ4n) is 2.00. The quantitative estimate of drug-likeness (QED) is 0.779. The molecule has 0 fully saturated rings. The van der Waals surface area contributed by atoms with Crippen LogP contribution in [0.1, 0.15) is 4.88 Å². The molecular formula is C12H11BrN4OS. The summed E-state index contributed by atoms with van der Waals surface area (Å²) in [4.78, 5) is 6.14. The SMILES string of the molecule is COc1ccc(-c2c(C)sc3nc(N)nn23)cc1Br. The van der Waals surface area contributed by atoms with Crippen LogP contribution in [0.4, 0.5) is 5.95 Å². The molecule has 3 aromatic rings. The minimum Gasteiger partial charge on any atom is -0.496 e. The summed E-state index contributed by atoms with van der Waals surface area (Å²) in [6.07, 6.45) is 0. The van der Waals surface area contributed by atoms with Crippen LogP contribution in [-0.2, 0) is 0 Å². The molecule has 0 saturated heterocycles. The molecule has 0 bridgehead atoms. The zero-order valence-corrected chi connectivity index (χ0v) is 12.7. The number of aryl methyl sites for hydroxylation is 1. The number of thiazole rings is 1. The largest absolute Gasteiger partial charge is 0.496 e. The van der Waals surface area contributed by atoms with E-state index in [0.29, 0.717) is 5.95 Å². The molecule has 2 heterocycles. The van der Waals surface area contributed by atoms with Crippen molar-refractivity contribution in [2.75, 3.05) is 12.8 Å². The van der Waals surface area contributed by atoms with Gasteiger partial charge in [0.25, 0.3) is 0 Å². The molecular weight excluding hydrogens is 328 g/mol. The number of halogens is 1. The highest BCUT2D eigenvalue weighted by Crippen LogP contribution is 2.35. The van der Waals surface area contributed by atoms with Crippen LogP contribution < -0.4 is 10.5 Å². The molecule has 7 heteroatoms. The smallest absolute Gasteiger partial charge is 0.241 e. The highest BCUT2D eigenvalue weighted by Gasteiger charge is 2.15. The van der Waals surface area contributed by atoms with Gasteiger partial charge in [0.1, 0.15) is 5.75 Å². The Kier molecular flexibility index (Phi) is 2.94. The number of anilines is 1. The summed E-state index contributed by atoms with van der Waals surface area (Å²) in [5.74, 6) is 1.09. The number of ether oxygens (including phenoxy) is 1. The average molecular weight is 339 g/mol.